The van der Waals surface area contributed by atoms with Crippen molar-refractivity contribution in [3.8, 4) is 11.5 Å². The molecule has 1 saturated heterocycles. The zero-order valence-electron chi connectivity index (χ0n) is 17.9. The molecule has 0 saturated carbocycles. The number of rotatable bonds is 6. The SMILES string of the molecule is C1=C(c2ccccc2)C(c2ccccc2OCCN2CCCCC2)Oc2ccccc21. The summed E-state index contributed by atoms with van der Waals surface area (Å²) in [6.45, 7) is 4.05. The van der Waals surface area contributed by atoms with Gasteiger partial charge in [0.25, 0.3) is 0 Å². The molecule has 0 aromatic heterocycles. The van der Waals surface area contributed by atoms with Crippen molar-refractivity contribution in [3.05, 3.63) is 95.6 Å². The summed E-state index contributed by atoms with van der Waals surface area (Å²) in [6.07, 6.45) is 6.01. The summed E-state index contributed by atoms with van der Waals surface area (Å²) in [4.78, 5) is 2.51. The molecular formula is C28H29NO2. The number of fused-ring (bicyclic) bond motifs is 1. The molecule has 0 spiro atoms. The molecule has 0 amide bonds. The standard InChI is InChI=1S/C28H29NO2/c1-3-11-22(12-4-1)25-21-23-13-5-7-15-26(23)31-28(25)24-14-6-8-16-27(24)30-20-19-29-17-9-2-10-18-29/h1,3-8,11-16,21,28H,2,9-10,17-20H2. The number of piperidine rings is 1. The number of hydrogen-bond donors (Lipinski definition) is 0. The number of para-hydroxylation sites is 2. The largest absolute Gasteiger partial charge is 0.492 e. The smallest absolute Gasteiger partial charge is 0.153 e. The highest BCUT2D eigenvalue weighted by molar-refractivity contribution is 5.88. The van der Waals surface area contributed by atoms with Gasteiger partial charge in [-0.15, -0.1) is 0 Å². The maximum Gasteiger partial charge on any atom is 0.153 e. The lowest BCUT2D eigenvalue weighted by atomic mass is 9.90. The third-order valence-electron chi connectivity index (χ3n) is 6.18. The molecule has 1 atom stereocenters. The van der Waals surface area contributed by atoms with E-state index in [9.17, 15) is 0 Å². The molecule has 3 aromatic rings. The van der Waals surface area contributed by atoms with E-state index in [1.165, 1.54) is 37.9 Å². The fourth-order valence-corrected chi connectivity index (χ4v) is 4.53. The van der Waals surface area contributed by atoms with E-state index in [2.05, 4.69) is 65.6 Å². The summed E-state index contributed by atoms with van der Waals surface area (Å²) < 4.78 is 12.9. The Morgan fingerprint density at radius 1 is 0.806 bits per heavy atom. The number of hydrogen-bond acceptors (Lipinski definition) is 3. The molecule has 158 valence electrons. The Hall–Kier alpha value is -3.04. The van der Waals surface area contributed by atoms with Crippen LogP contribution in [-0.4, -0.2) is 31.1 Å². The Morgan fingerprint density at radius 2 is 1.55 bits per heavy atom. The van der Waals surface area contributed by atoms with E-state index in [4.69, 9.17) is 9.47 Å². The van der Waals surface area contributed by atoms with Crippen molar-refractivity contribution in [1.29, 1.82) is 0 Å². The van der Waals surface area contributed by atoms with Gasteiger partial charge in [-0.25, -0.2) is 0 Å². The molecule has 31 heavy (non-hydrogen) atoms. The second-order valence-corrected chi connectivity index (χ2v) is 8.29. The van der Waals surface area contributed by atoms with Crippen molar-refractivity contribution >= 4 is 11.6 Å². The van der Waals surface area contributed by atoms with E-state index < -0.39 is 0 Å². The lowest BCUT2D eigenvalue weighted by Gasteiger charge is -2.30. The fourth-order valence-electron chi connectivity index (χ4n) is 4.53. The first-order valence-electron chi connectivity index (χ1n) is 11.4. The highest BCUT2D eigenvalue weighted by atomic mass is 16.5. The van der Waals surface area contributed by atoms with E-state index in [-0.39, 0.29) is 6.10 Å². The maximum absolute atomic E-state index is 6.56. The number of likely N-dealkylation sites (tertiary alicyclic amines) is 1. The number of benzene rings is 3. The summed E-state index contributed by atoms with van der Waals surface area (Å²) in [7, 11) is 0. The first-order chi connectivity index (χ1) is 15.4. The normalized spacial score (nSPS) is 18.6. The van der Waals surface area contributed by atoms with Crippen molar-refractivity contribution in [2.24, 2.45) is 0 Å². The fraction of sp³-hybridized carbons (Fsp3) is 0.286. The van der Waals surface area contributed by atoms with Crippen LogP contribution in [0.1, 0.15) is 42.1 Å². The number of nitrogens with zero attached hydrogens (tertiary/aromatic N) is 1. The van der Waals surface area contributed by atoms with Gasteiger partial charge in [0.05, 0.1) is 0 Å². The molecule has 2 aliphatic rings. The van der Waals surface area contributed by atoms with Gasteiger partial charge in [0.15, 0.2) is 6.10 Å². The van der Waals surface area contributed by atoms with Gasteiger partial charge in [-0.05, 0) is 49.7 Å². The van der Waals surface area contributed by atoms with E-state index in [1.807, 2.05) is 24.3 Å². The Morgan fingerprint density at radius 3 is 2.42 bits per heavy atom. The van der Waals surface area contributed by atoms with Crippen molar-refractivity contribution in [3.63, 3.8) is 0 Å². The molecule has 3 aromatic carbocycles. The van der Waals surface area contributed by atoms with Crippen LogP contribution in [0.3, 0.4) is 0 Å². The third-order valence-corrected chi connectivity index (χ3v) is 6.18. The molecular weight excluding hydrogens is 382 g/mol. The molecule has 2 aliphatic heterocycles. The average Bonchev–Trinajstić information content (AvgIpc) is 2.85. The summed E-state index contributed by atoms with van der Waals surface area (Å²) in [6, 6.07) is 27.0. The predicted octanol–water partition coefficient (Wildman–Crippen LogP) is 6.23. The molecule has 3 nitrogen and oxygen atoms in total. The van der Waals surface area contributed by atoms with Crippen molar-refractivity contribution in [2.45, 2.75) is 25.4 Å². The van der Waals surface area contributed by atoms with Gasteiger partial charge < -0.3 is 9.47 Å². The van der Waals surface area contributed by atoms with Crippen LogP contribution in [0, 0.1) is 0 Å². The van der Waals surface area contributed by atoms with Crippen LogP contribution in [0.25, 0.3) is 11.6 Å². The van der Waals surface area contributed by atoms with Gasteiger partial charge in [0.1, 0.15) is 18.1 Å². The van der Waals surface area contributed by atoms with Gasteiger partial charge in [-0.1, -0.05) is 73.2 Å². The van der Waals surface area contributed by atoms with Crippen molar-refractivity contribution in [1.82, 2.24) is 4.90 Å². The quantitative estimate of drug-likeness (QED) is 0.480. The van der Waals surface area contributed by atoms with Gasteiger partial charge in [0.2, 0.25) is 0 Å². The second kappa shape index (κ2) is 9.40. The molecule has 0 radical (unpaired) electrons. The third kappa shape index (κ3) is 4.52. The Labute approximate surface area is 184 Å². The molecule has 0 aliphatic carbocycles. The summed E-state index contributed by atoms with van der Waals surface area (Å²) in [5, 5.41) is 0. The van der Waals surface area contributed by atoms with Gasteiger partial charge in [0, 0.05) is 23.2 Å². The second-order valence-electron chi connectivity index (χ2n) is 8.29. The first-order valence-corrected chi connectivity index (χ1v) is 11.4. The van der Waals surface area contributed by atoms with Crippen molar-refractivity contribution < 1.29 is 9.47 Å². The highest BCUT2D eigenvalue weighted by Gasteiger charge is 2.28. The van der Waals surface area contributed by atoms with E-state index in [0.29, 0.717) is 6.61 Å². The molecule has 2 heterocycles. The minimum absolute atomic E-state index is 0.205. The number of ether oxygens (including phenoxy) is 2. The Balaban J connectivity index is 1.43. The van der Waals surface area contributed by atoms with Crippen LogP contribution in [0.15, 0.2) is 78.9 Å². The van der Waals surface area contributed by atoms with Crippen LogP contribution in [0.2, 0.25) is 0 Å². The maximum atomic E-state index is 6.56. The zero-order chi connectivity index (χ0) is 20.9. The summed E-state index contributed by atoms with van der Waals surface area (Å²) in [5.74, 6) is 1.82. The van der Waals surface area contributed by atoms with Gasteiger partial charge >= 0.3 is 0 Å². The summed E-state index contributed by atoms with van der Waals surface area (Å²) in [5.41, 5.74) is 4.52. The highest BCUT2D eigenvalue weighted by Crippen LogP contribution is 2.44. The predicted molar refractivity (Wildman–Crippen MR) is 126 cm³/mol. The minimum atomic E-state index is -0.205. The minimum Gasteiger partial charge on any atom is -0.492 e. The van der Waals surface area contributed by atoms with Gasteiger partial charge in [-0.3, -0.25) is 4.90 Å². The molecule has 0 bridgehead atoms. The van der Waals surface area contributed by atoms with E-state index in [1.54, 1.807) is 0 Å². The topological polar surface area (TPSA) is 21.7 Å². The monoisotopic (exact) mass is 411 g/mol. The molecule has 3 heteroatoms. The van der Waals surface area contributed by atoms with Crippen LogP contribution in [0.4, 0.5) is 0 Å². The Bertz CT molecular complexity index is 1040. The first kappa shape index (κ1) is 19.9. The zero-order valence-corrected chi connectivity index (χ0v) is 17.9. The van der Waals surface area contributed by atoms with Crippen molar-refractivity contribution in [2.75, 3.05) is 26.2 Å². The Kier molecular flexibility index (Phi) is 6.03. The molecule has 5 rings (SSSR count). The van der Waals surface area contributed by atoms with Crippen LogP contribution >= 0.6 is 0 Å². The van der Waals surface area contributed by atoms with E-state index >= 15 is 0 Å². The van der Waals surface area contributed by atoms with Crippen LogP contribution in [-0.2, 0) is 0 Å². The average molecular weight is 412 g/mol. The van der Waals surface area contributed by atoms with Crippen LogP contribution < -0.4 is 9.47 Å². The lowest BCUT2D eigenvalue weighted by Crippen LogP contribution is -2.33. The lowest BCUT2D eigenvalue weighted by molar-refractivity contribution is 0.179. The molecule has 1 unspecified atom stereocenters. The van der Waals surface area contributed by atoms with E-state index in [0.717, 1.165) is 34.7 Å². The van der Waals surface area contributed by atoms with Crippen LogP contribution in [0.5, 0.6) is 11.5 Å². The molecule has 1 fully saturated rings. The summed E-state index contributed by atoms with van der Waals surface area (Å²) >= 11 is 0. The van der Waals surface area contributed by atoms with Gasteiger partial charge in [-0.2, -0.15) is 0 Å². The molecule has 0 N–H and O–H groups in total.